The molecule has 1 N–H and O–H groups in total. The van der Waals surface area contributed by atoms with Gasteiger partial charge in [0.2, 0.25) is 0 Å². The van der Waals surface area contributed by atoms with E-state index < -0.39 is 11.8 Å². The molecular weight excluding hydrogens is 390 g/mol. The van der Waals surface area contributed by atoms with Crippen molar-refractivity contribution >= 4 is 28.6 Å². The molecule has 0 aliphatic rings. The van der Waals surface area contributed by atoms with E-state index in [4.69, 9.17) is 14.6 Å². The molecule has 21 heavy (non-hydrogen) atoms. The van der Waals surface area contributed by atoms with Crippen LogP contribution in [0.3, 0.4) is 0 Å². The number of para-hydroxylation sites is 1. The molecule has 4 nitrogen and oxygen atoms in total. The quantitative estimate of drug-likeness (QED) is 0.593. The third kappa shape index (κ3) is 4.32. The Bertz CT molecular complexity index is 645. The number of ether oxygens (including phenoxy) is 2. The van der Waals surface area contributed by atoms with Crippen molar-refractivity contribution in [1.82, 2.24) is 0 Å². The summed E-state index contributed by atoms with van der Waals surface area (Å²) in [7, 11) is 0. The van der Waals surface area contributed by atoms with Gasteiger partial charge in [0, 0.05) is 0 Å². The highest BCUT2D eigenvalue weighted by Crippen LogP contribution is 2.22. The van der Waals surface area contributed by atoms with E-state index in [1.54, 1.807) is 18.2 Å². The normalized spacial score (nSPS) is 10.2. The van der Waals surface area contributed by atoms with Gasteiger partial charge in [0.1, 0.15) is 19.0 Å². The van der Waals surface area contributed by atoms with Crippen LogP contribution in [0.15, 0.2) is 42.5 Å². The van der Waals surface area contributed by atoms with Gasteiger partial charge in [-0.2, -0.15) is 0 Å². The van der Waals surface area contributed by atoms with Crippen molar-refractivity contribution in [3.8, 4) is 11.5 Å². The van der Waals surface area contributed by atoms with E-state index in [-0.39, 0.29) is 24.5 Å². The van der Waals surface area contributed by atoms with E-state index in [1.165, 1.54) is 24.3 Å². The molecule has 0 heterocycles. The first-order valence-electron chi connectivity index (χ1n) is 6.11. The Kier molecular flexibility index (Phi) is 5.38. The fourth-order valence-electron chi connectivity index (χ4n) is 1.61. The maximum absolute atomic E-state index is 13.3. The van der Waals surface area contributed by atoms with Crippen molar-refractivity contribution in [2.45, 2.75) is 0 Å². The molecule has 0 atom stereocenters. The summed E-state index contributed by atoms with van der Waals surface area (Å²) in [6.45, 7) is 0.349. The number of carboxylic acid groups (broad SMARTS) is 1. The van der Waals surface area contributed by atoms with E-state index in [2.05, 4.69) is 22.6 Å². The van der Waals surface area contributed by atoms with Crippen LogP contribution in [0.4, 0.5) is 4.39 Å². The van der Waals surface area contributed by atoms with Crippen molar-refractivity contribution < 1.29 is 23.8 Å². The van der Waals surface area contributed by atoms with Crippen LogP contribution in [-0.4, -0.2) is 24.3 Å². The van der Waals surface area contributed by atoms with Gasteiger partial charge in [0.05, 0.1) is 9.13 Å². The van der Waals surface area contributed by atoms with Gasteiger partial charge in [-0.05, 0) is 52.9 Å². The van der Waals surface area contributed by atoms with Gasteiger partial charge in [-0.25, -0.2) is 9.18 Å². The van der Waals surface area contributed by atoms with Crippen LogP contribution in [0.25, 0.3) is 0 Å². The number of hydrogen-bond donors (Lipinski definition) is 1. The Balaban J connectivity index is 1.90. The topological polar surface area (TPSA) is 55.8 Å². The minimum Gasteiger partial charge on any atom is -0.489 e. The van der Waals surface area contributed by atoms with Crippen molar-refractivity contribution in [3.05, 3.63) is 57.4 Å². The number of hydrogen-bond acceptors (Lipinski definition) is 3. The molecule has 0 spiro atoms. The Hall–Kier alpha value is -1.83. The standard InChI is InChI=1S/C15H12FIO4/c16-11-3-1-2-4-13(11)20-7-8-21-14-9-10(15(18)19)5-6-12(14)17/h1-6,9H,7-8H2,(H,18,19). The number of rotatable bonds is 6. The van der Waals surface area contributed by atoms with Crippen molar-refractivity contribution in [1.29, 1.82) is 0 Å². The largest absolute Gasteiger partial charge is 0.489 e. The smallest absolute Gasteiger partial charge is 0.335 e. The second-order valence-corrected chi connectivity index (χ2v) is 5.24. The SMILES string of the molecule is O=C(O)c1ccc(I)c(OCCOc2ccccc2F)c1. The summed E-state index contributed by atoms with van der Waals surface area (Å²) in [6.07, 6.45) is 0. The summed E-state index contributed by atoms with van der Waals surface area (Å²) < 4.78 is 24.8. The van der Waals surface area contributed by atoms with Gasteiger partial charge >= 0.3 is 5.97 Å². The highest BCUT2D eigenvalue weighted by atomic mass is 127. The fraction of sp³-hybridized carbons (Fsp3) is 0.133. The zero-order valence-electron chi connectivity index (χ0n) is 10.9. The predicted octanol–water partition coefficient (Wildman–Crippen LogP) is 3.59. The maximum Gasteiger partial charge on any atom is 0.335 e. The third-order valence-electron chi connectivity index (χ3n) is 2.61. The summed E-state index contributed by atoms with van der Waals surface area (Å²) in [4.78, 5) is 10.9. The van der Waals surface area contributed by atoms with E-state index in [9.17, 15) is 9.18 Å². The third-order valence-corrected chi connectivity index (χ3v) is 3.50. The number of carboxylic acids is 1. The van der Waals surface area contributed by atoms with Crippen molar-refractivity contribution in [3.63, 3.8) is 0 Å². The molecule has 0 saturated carbocycles. The average Bonchev–Trinajstić information content (AvgIpc) is 2.46. The highest BCUT2D eigenvalue weighted by Gasteiger charge is 2.08. The van der Waals surface area contributed by atoms with Crippen LogP contribution in [0.2, 0.25) is 0 Å². The number of halogens is 2. The molecule has 0 aliphatic carbocycles. The molecule has 2 aromatic carbocycles. The molecule has 2 rings (SSSR count). The Morgan fingerprint density at radius 1 is 1.10 bits per heavy atom. The van der Waals surface area contributed by atoms with Gasteiger partial charge in [-0.3, -0.25) is 0 Å². The van der Waals surface area contributed by atoms with Crippen LogP contribution in [0, 0.1) is 9.39 Å². The monoisotopic (exact) mass is 402 g/mol. The second-order valence-electron chi connectivity index (χ2n) is 4.08. The summed E-state index contributed by atoms with van der Waals surface area (Å²) in [5.41, 5.74) is 0.153. The van der Waals surface area contributed by atoms with Crippen LogP contribution in [0.1, 0.15) is 10.4 Å². The molecule has 0 aliphatic heterocycles. The van der Waals surface area contributed by atoms with Crippen LogP contribution < -0.4 is 9.47 Å². The summed E-state index contributed by atoms with van der Waals surface area (Å²) >= 11 is 2.05. The zero-order valence-corrected chi connectivity index (χ0v) is 13.0. The second kappa shape index (κ2) is 7.26. The lowest BCUT2D eigenvalue weighted by Gasteiger charge is -2.10. The van der Waals surface area contributed by atoms with E-state index in [0.29, 0.717) is 5.75 Å². The Morgan fingerprint density at radius 3 is 2.43 bits per heavy atom. The zero-order chi connectivity index (χ0) is 15.2. The van der Waals surface area contributed by atoms with Gasteiger partial charge in [-0.15, -0.1) is 0 Å². The molecule has 0 radical (unpaired) electrons. The molecule has 110 valence electrons. The number of benzene rings is 2. The Morgan fingerprint density at radius 2 is 1.76 bits per heavy atom. The minimum atomic E-state index is -1.01. The first-order chi connectivity index (χ1) is 10.1. The Labute approximate surface area is 134 Å². The molecule has 0 fully saturated rings. The van der Waals surface area contributed by atoms with Gasteiger partial charge in [0.15, 0.2) is 11.6 Å². The molecule has 0 saturated heterocycles. The highest BCUT2D eigenvalue weighted by molar-refractivity contribution is 14.1. The minimum absolute atomic E-state index is 0.153. The lowest BCUT2D eigenvalue weighted by Crippen LogP contribution is -2.10. The molecule has 0 unspecified atom stereocenters. The van der Waals surface area contributed by atoms with E-state index >= 15 is 0 Å². The summed E-state index contributed by atoms with van der Waals surface area (Å²) in [5.74, 6) is -0.818. The van der Waals surface area contributed by atoms with Gasteiger partial charge in [0.25, 0.3) is 0 Å². The molecule has 0 amide bonds. The lowest BCUT2D eigenvalue weighted by atomic mass is 10.2. The molecule has 0 bridgehead atoms. The van der Waals surface area contributed by atoms with Gasteiger partial charge in [-0.1, -0.05) is 12.1 Å². The summed E-state index contributed by atoms with van der Waals surface area (Å²) in [5, 5.41) is 8.93. The van der Waals surface area contributed by atoms with Crippen LogP contribution >= 0.6 is 22.6 Å². The van der Waals surface area contributed by atoms with Crippen LogP contribution in [-0.2, 0) is 0 Å². The molecular formula is C15H12FIO4. The fourth-order valence-corrected chi connectivity index (χ4v) is 2.10. The molecule has 6 heteroatoms. The first kappa shape index (κ1) is 15.6. The van der Waals surface area contributed by atoms with E-state index in [1.807, 2.05) is 0 Å². The molecule has 0 aromatic heterocycles. The van der Waals surface area contributed by atoms with Crippen LogP contribution in [0.5, 0.6) is 11.5 Å². The lowest BCUT2D eigenvalue weighted by molar-refractivity contribution is 0.0696. The van der Waals surface area contributed by atoms with E-state index in [0.717, 1.165) is 3.57 Å². The molecule has 2 aromatic rings. The number of carbonyl (C=O) groups is 1. The maximum atomic E-state index is 13.3. The predicted molar refractivity (Wildman–Crippen MR) is 83.5 cm³/mol. The van der Waals surface area contributed by atoms with Gasteiger partial charge < -0.3 is 14.6 Å². The van der Waals surface area contributed by atoms with Crippen molar-refractivity contribution in [2.75, 3.05) is 13.2 Å². The first-order valence-corrected chi connectivity index (χ1v) is 7.19. The van der Waals surface area contributed by atoms with Crippen molar-refractivity contribution in [2.24, 2.45) is 0 Å². The number of aromatic carboxylic acids is 1. The summed E-state index contributed by atoms with van der Waals surface area (Å²) in [6, 6.07) is 10.7. The average molecular weight is 402 g/mol.